The fourth-order valence-corrected chi connectivity index (χ4v) is 7.19. The number of hydrogen-bond donors (Lipinski definition) is 0. The Balaban J connectivity index is 1.69. The molecule has 0 heterocycles. The summed E-state index contributed by atoms with van der Waals surface area (Å²) in [5.41, 5.74) is 4.67. The predicted octanol–water partition coefficient (Wildman–Crippen LogP) is 8.14. The highest BCUT2D eigenvalue weighted by Gasteiger charge is 2.33. The van der Waals surface area contributed by atoms with Gasteiger partial charge in [-0.05, 0) is 92.4 Å². The molecule has 0 atom stereocenters. The standard InChI is InChI=1S/C34H31O3P/c1-24-15-17-28(21-26(24)3)36-30-19-20-33(37-29-18-16-25(2)27(4)22-29)34(23-30)38(35,31-11-7-5-8-12-31)32-13-9-6-10-14-32/h5-23H,1-4H3. The second-order valence-corrected chi connectivity index (χ2v) is 12.3. The Morgan fingerprint density at radius 2 is 0.921 bits per heavy atom. The molecule has 0 saturated carbocycles. The molecule has 0 spiro atoms. The number of benzene rings is 5. The van der Waals surface area contributed by atoms with Crippen molar-refractivity contribution in [1.82, 2.24) is 0 Å². The number of rotatable bonds is 7. The van der Waals surface area contributed by atoms with Gasteiger partial charge in [0.2, 0.25) is 0 Å². The maximum atomic E-state index is 15.3. The van der Waals surface area contributed by atoms with E-state index in [9.17, 15) is 0 Å². The molecule has 0 aliphatic rings. The minimum absolute atomic E-state index is 0.539. The van der Waals surface area contributed by atoms with E-state index in [0.29, 0.717) is 22.6 Å². The van der Waals surface area contributed by atoms with E-state index < -0.39 is 7.14 Å². The summed E-state index contributed by atoms with van der Waals surface area (Å²) in [6, 6.07) is 36.8. The van der Waals surface area contributed by atoms with Crippen LogP contribution in [0.3, 0.4) is 0 Å². The molecule has 5 aromatic rings. The summed E-state index contributed by atoms with van der Waals surface area (Å²) in [5, 5.41) is 2.06. The Bertz CT molecular complexity index is 1580. The van der Waals surface area contributed by atoms with Crippen LogP contribution in [0.1, 0.15) is 22.3 Å². The van der Waals surface area contributed by atoms with Crippen LogP contribution in [0.2, 0.25) is 0 Å². The van der Waals surface area contributed by atoms with Crippen molar-refractivity contribution in [1.29, 1.82) is 0 Å². The van der Waals surface area contributed by atoms with Crippen molar-refractivity contribution in [3.05, 3.63) is 138 Å². The Hall–Kier alpha value is -4.07. The molecule has 0 radical (unpaired) electrons. The van der Waals surface area contributed by atoms with Crippen molar-refractivity contribution >= 4 is 23.1 Å². The van der Waals surface area contributed by atoms with Gasteiger partial charge in [0.15, 0.2) is 7.14 Å². The summed E-state index contributed by atoms with van der Waals surface area (Å²) in [7, 11) is -3.33. The average molecular weight is 519 g/mol. The molecule has 5 rings (SSSR count). The molecule has 0 fully saturated rings. The van der Waals surface area contributed by atoms with E-state index in [4.69, 9.17) is 9.47 Å². The first-order chi connectivity index (χ1) is 18.3. The zero-order valence-corrected chi connectivity index (χ0v) is 23.0. The summed E-state index contributed by atoms with van der Waals surface area (Å²) < 4.78 is 28.0. The lowest BCUT2D eigenvalue weighted by molar-refractivity contribution is 0.471. The molecular weight excluding hydrogens is 487 g/mol. The predicted molar refractivity (Wildman–Crippen MR) is 158 cm³/mol. The molecule has 0 unspecified atom stereocenters. The Morgan fingerprint density at radius 1 is 0.474 bits per heavy atom. The third-order valence-corrected chi connectivity index (χ3v) is 10.0. The SMILES string of the molecule is Cc1ccc(Oc2ccc(Oc3ccc(C)c(C)c3)c(P(=O)(c3ccccc3)c3ccccc3)c2)cc1C. The summed E-state index contributed by atoms with van der Waals surface area (Å²) in [5.74, 6) is 2.57. The Morgan fingerprint density at radius 3 is 1.42 bits per heavy atom. The maximum absolute atomic E-state index is 15.3. The van der Waals surface area contributed by atoms with Crippen LogP contribution in [0.25, 0.3) is 0 Å². The van der Waals surface area contributed by atoms with Crippen molar-refractivity contribution in [3.63, 3.8) is 0 Å². The fraction of sp³-hybridized carbons (Fsp3) is 0.118. The highest BCUT2D eigenvalue weighted by molar-refractivity contribution is 7.85. The average Bonchev–Trinajstić information content (AvgIpc) is 2.94. The van der Waals surface area contributed by atoms with Crippen LogP contribution in [0, 0.1) is 27.7 Å². The largest absolute Gasteiger partial charge is 0.457 e. The van der Waals surface area contributed by atoms with Crippen molar-refractivity contribution in [2.75, 3.05) is 0 Å². The van der Waals surface area contributed by atoms with E-state index in [1.807, 2.05) is 115 Å². The summed E-state index contributed by atoms with van der Waals surface area (Å²) >= 11 is 0. The zero-order valence-electron chi connectivity index (χ0n) is 22.1. The van der Waals surface area contributed by atoms with Crippen molar-refractivity contribution in [3.8, 4) is 23.0 Å². The second kappa shape index (κ2) is 10.7. The molecule has 190 valence electrons. The lowest BCUT2D eigenvalue weighted by Crippen LogP contribution is -2.26. The highest BCUT2D eigenvalue weighted by atomic mass is 31.2. The minimum Gasteiger partial charge on any atom is -0.457 e. The smallest absolute Gasteiger partial charge is 0.174 e. The normalized spacial score (nSPS) is 11.3. The van der Waals surface area contributed by atoms with Crippen molar-refractivity contribution in [2.45, 2.75) is 27.7 Å². The lowest BCUT2D eigenvalue weighted by Gasteiger charge is -2.23. The van der Waals surface area contributed by atoms with Crippen LogP contribution in [-0.4, -0.2) is 0 Å². The zero-order chi connectivity index (χ0) is 26.7. The Kier molecular flexibility index (Phi) is 7.22. The molecule has 0 saturated heterocycles. The third kappa shape index (κ3) is 5.16. The molecule has 4 heteroatoms. The van der Waals surface area contributed by atoms with Gasteiger partial charge in [-0.2, -0.15) is 0 Å². The topological polar surface area (TPSA) is 35.5 Å². The van der Waals surface area contributed by atoms with Gasteiger partial charge >= 0.3 is 0 Å². The lowest BCUT2D eigenvalue weighted by atomic mass is 10.1. The van der Waals surface area contributed by atoms with Crippen LogP contribution in [0.5, 0.6) is 23.0 Å². The molecular formula is C34H31O3P. The minimum atomic E-state index is -3.33. The first-order valence-electron chi connectivity index (χ1n) is 12.7. The second-order valence-electron chi connectivity index (χ2n) is 9.61. The first-order valence-corrected chi connectivity index (χ1v) is 14.4. The van der Waals surface area contributed by atoms with Crippen LogP contribution in [-0.2, 0) is 4.57 Å². The number of ether oxygens (including phenoxy) is 2. The van der Waals surface area contributed by atoms with Crippen LogP contribution >= 0.6 is 7.14 Å². The molecule has 38 heavy (non-hydrogen) atoms. The summed E-state index contributed by atoms with van der Waals surface area (Å²) in [6.07, 6.45) is 0. The van der Waals surface area contributed by atoms with Crippen LogP contribution in [0.15, 0.2) is 115 Å². The van der Waals surface area contributed by atoms with Gasteiger partial charge in [0.1, 0.15) is 23.0 Å². The molecule has 3 nitrogen and oxygen atoms in total. The molecule has 0 N–H and O–H groups in total. The van der Waals surface area contributed by atoms with Gasteiger partial charge in [0, 0.05) is 10.6 Å². The molecule has 0 amide bonds. The number of hydrogen-bond acceptors (Lipinski definition) is 3. The molecule has 0 aliphatic heterocycles. The van der Waals surface area contributed by atoms with Gasteiger partial charge in [-0.15, -0.1) is 0 Å². The fourth-order valence-electron chi connectivity index (χ4n) is 4.41. The highest BCUT2D eigenvalue weighted by Crippen LogP contribution is 2.47. The van der Waals surface area contributed by atoms with E-state index in [1.54, 1.807) is 0 Å². The van der Waals surface area contributed by atoms with Crippen LogP contribution < -0.4 is 25.4 Å². The van der Waals surface area contributed by atoms with Crippen LogP contribution in [0.4, 0.5) is 0 Å². The monoisotopic (exact) mass is 518 g/mol. The molecule has 0 aliphatic carbocycles. The number of aryl methyl sites for hydroxylation is 4. The Labute approximate surface area is 225 Å². The van der Waals surface area contributed by atoms with Gasteiger partial charge in [-0.1, -0.05) is 72.8 Å². The van der Waals surface area contributed by atoms with E-state index in [0.717, 1.165) is 27.5 Å². The summed E-state index contributed by atoms with van der Waals surface area (Å²) in [6.45, 7) is 8.27. The quantitative estimate of drug-likeness (QED) is 0.204. The van der Waals surface area contributed by atoms with Crippen molar-refractivity contribution < 1.29 is 14.0 Å². The van der Waals surface area contributed by atoms with E-state index in [-0.39, 0.29) is 0 Å². The summed E-state index contributed by atoms with van der Waals surface area (Å²) in [4.78, 5) is 0. The van der Waals surface area contributed by atoms with Gasteiger partial charge in [0.05, 0.1) is 5.30 Å². The molecule has 0 bridgehead atoms. The maximum Gasteiger partial charge on any atom is 0.174 e. The van der Waals surface area contributed by atoms with Gasteiger partial charge in [-0.25, -0.2) is 0 Å². The van der Waals surface area contributed by atoms with Crippen molar-refractivity contribution in [2.24, 2.45) is 0 Å². The van der Waals surface area contributed by atoms with E-state index >= 15 is 4.57 Å². The van der Waals surface area contributed by atoms with E-state index in [1.165, 1.54) is 11.1 Å². The first kappa shape index (κ1) is 25.6. The molecule has 0 aromatic heterocycles. The molecule has 5 aromatic carbocycles. The third-order valence-electron chi connectivity index (χ3n) is 6.93. The van der Waals surface area contributed by atoms with Gasteiger partial charge in [-0.3, -0.25) is 0 Å². The van der Waals surface area contributed by atoms with Gasteiger partial charge < -0.3 is 14.0 Å². The van der Waals surface area contributed by atoms with Gasteiger partial charge in [0.25, 0.3) is 0 Å². The van der Waals surface area contributed by atoms with E-state index in [2.05, 4.69) is 27.7 Å².